The summed E-state index contributed by atoms with van der Waals surface area (Å²) in [5.74, 6) is 2.29. The third-order valence-corrected chi connectivity index (χ3v) is 3.32. The number of fused-ring (bicyclic) bond motifs is 1. The zero-order valence-corrected chi connectivity index (χ0v) is 11.7. The van der Waals surface area contributed by atoms with Crippen molar-refractivity contribution in [3.8, 4) is 5.75 Å². The van der Waals surface area contributed by atoms with Crippen LogP contribution in [0.1, 0.15) is 6.92 Å². The summed E-state index contributed by atoms with van der Waals surface area (Å²) < 4.78 is 5.46. The van der Waals surface area contributed by atoms with Gasteiger partial charge in [0, 0.05) is 17.7 Å². The first kappa shape index (κ1) is 13.3. The number of rotatable bonds is 6. The first-order valence-corrected chi connectivity index (χ1v) is 7.32. The minimum atomic E-state index is 0.554. The molecule has 0 saturated carbocycles. The maximum absolute atomic E-state index is 5.56. The van der Waals surface area contributed by atoms with Crippen molar-refractivity contribution in [3.63, 3.8) is 0 Å². The van der Waals surface area contributed by atoms with Gasteiger partial charge in [-0.3, -0.25) is 0 Å². The second-order valence-electron chi connectivity index (χ2n) is 3.59. The van der Waals surface area contributed by atoms with Gasteiger partial charge in [-0.05, 0) is 19.1 Å². The number of halogens is 1. The van der Waals surface area contributed by atoms with Gasteiger partial charge in [0.15, 0.2) is 5.16 Å². The minimum absolute atomic E-state index is 0.554. The fraction of sp³-hybridized carbons (Fsp3) is 0.308. The van der Waals surface area contributed by atoms with E-state index in [2.05, 4.69) is 9.97 Å². The van der Waals surface area contributed by atoms with Crippen LogP contribution in [0.3, 0.4) is 0 Å². The summed E-state index contributed by atoms with van der Waals surface area (Å²) in [7, 11) is 0. The van der Waals surface area contributed by atoms with E-state index in [-0.39, 0.29) is 0 Å². The van der Waals surface area contributed by atoms with Gasteiger partial charge in [-0.15, -0.1) is 11.6 Å². The standard InChI is InChI=1S/C13H15ClN2OS/c1-2-17-10-5-6-11-12(9-10)16-13(15-11)18-8-4-3-7-14/h3-6,9H,2,7-8H2,1H3,(H,15,16). The van der Waals surface area contributed by atoms with Crippen LogP contribution in [0, 0.1) is 0 Å². The predicted molar refractivity (Wildman–Crippen MR) is 77.8 cm³/mol. The van der Waals surface area contributed by atoms with Crippen molar-refractivity contribution in [2.45, 2.75) is 12.1 Å². The molecule has 2 aromatic rings. The lowest BCUT2D eigenvalue weighted by Crippen LogP contribution is -1.90. The van der Waals surface area contributed by atoms with Gasteiger partial charge in [0.05, 0.1) is 17.6 Å². The van der Waals surface area contributed by atoms with E-state index in [0.29, 0.717) is 12.5 Å². The fourth-order valence-corrected chi connectivity index (χ4v) is 2.41. The van der Waals surface area contributed by atoms with Crippen LogP contribution >= 0.6 is 23.4 Å². The lowest BCUT2D eigenvalue weighted by molar-refractivity contribution is 0.340. The van der Waals surface area contributed by atoms with Crippen LogP contribution in [0.2, 0.25) is 0 Å². The second kappa shape index (κ2) is 6.71. The number of allylic oxidation sites excluding steroid dienone is 1. The Morgan fingerprint density at radius 1 is 1.44 bits per heavy atom. The highest BCUT2D eigenvalue weighted by molar-refractivity contribution is 7.99. The Labute approximate surface area is 116 Å². The maximum atomic E-state index is 5.56. The van der Waals surface area contributed by atoms with Gasteiger partial charge in [0.2, 0.25) is 0 Å². The summed E-state index contributed by atoms with van der Waals surface area (Å²) in [6.45, 7) is 2.64. The van der Waals surface area contributed by atoms with Gasteiger partial charge in [-0.1, -0.05) is 23.9 Å². The number of aromatic amines is 1. The van der Waals surface area contributed by atoms with Crippen molar-refractivity contribution in [2.75, 3.05) is 18.2 Å². The molecular formula is C13H15ClN2OS. The van der Waals surface area contributed by atoms with Crippen molar-refractivity contribution in [2.24, 2.45) is 0 Å². The third-order valence-electron chi connectivity index (χ3n) is 2.31. The Hall–Kier alpha value is -1.13. The van der Waals surface area contributed by atoms with Crippen LogP contribution in [0.25, 0.3) is 11.0 Å². The Kier molecular flexibility index (Phi) is 4.96. The Balaban J connectivity index is 2.09. The molecule has 0 amide bonds. The SMILES string of the molecule is CCOc1ccc2nc(SCC=CCCl)[nH]c2c1. The fourth-order valence-electron chi connectivity index (χ4n) is 1.55. The molecule has 0 saturated heterocycles. The van der Waals surface area contributed by atoms with Gasteiger partial charge < -0.3 is 9.72 Å². The number of aromatic nitrogens is 2. The molecule has 1 aromatic heterocycles. The minimum Gasteiger partial charge on any atom is -0.494 e. The maximum Gasteiger partial charge on any atom is 0.166 e. The van der Waals surface area contributed by atoms with E-state index in [0.717, 1.165) is 27.7 Å². The molecule has 0 aliphatic rings. The smallest absolute Gasteiger partial charge is 0.166 e. The number of hydrogen-bond donors (Lipinski definition) is 1. The lowest BCUT2D eigenvalue weighted by atomic mass is 10.3. The molecule has 0 fully saturated rings. The molecule has 0 atom stereocenters. The van der Waals surface area contributed by atoms with Crippen molar-refractivity contribution in [1.82, 2.24) is 9.97 Å². The molecule has 0 spiro atoms. The van der Waals surface area contributed by atoms with Gasteiger partial charge in [0.1, 0.15) is 5.75 Å². The van der Waals surface area contributed by atoms with Crippen LogP contribution in [-0.4, -0.2) is 28.2 Å². The highest BCUT2D eigenvalue weighted by Gasteiger charge is 2.03. The topological polar surface area (TPSA) is 37.9 Å². The van der Waals surface area contributed by atoms with Crippen molar-refractivity contribution >= 4 is 34.4 Å². The molecule has 0 radical (unpaired) electrons. The van der Waals surface area contributed by atoms with Gasteiger partial charge >= 0.3 is 0 Å². The van der Waals surface area contributed by atoms with E-state index in [4.69, 9.17) is 16.3 Å². The number of alkyl halides is 1. The van der Waals surface area contributed by atoms with E-state index in [9.17, 15) is 0 Å². The Bertz CT molecular complexity index is 539. The van der Waals surface area contributed by atoms with Crippen LogP contribution in [-0.2, 0) is 0 Å². The highest BCUT2D eigenvalue weighted by atomic mass is 35.5. The van der Waals surface area contributed by atoms with E-state index in [1.165, 1.54) is 0 Å². The number of imidazole rings is 1. The molecule has 0 aliphatic heterocycles. The molecule has 3 nitrogen and oxygen atoms in total. The largest absolute Gasteiger partial charge is 0.494 e. The molecule has 1 N–H and O–H groups in total. The van der Waals surface area contributed by atoms with Crippen LogP contribution in [0.4, 0.5) is 0 Å². The Morgan fingerprint density at radius 2 is 2.33 bits per heavy atom. The average Bonchev–Trinajstić information content (AvgIpc) is 2.77. The summed E-state index contributed by atoms with van der Waals surface area (Å²) in [5.41, 5.74) is 1.96. The van der Waals surface area contributed by atoms with Gasteiger partial charge in [-0.2, -0.15) is 0 Å². The van der Waals surface area contributed by atoms with E-state index >= 15 is 0 Å². The molecule has 0 bridgehead atoms. The first-order chi connectivity index (χ1) is 8.83. The van der Waals surface area contributed by atoms with Gasteiger partial charge in [0.25, 0.3) is 0 Å². The summed E-state index contributed by atoms with van der Waals surface area (Å²) >= 11 is 7.21. The average molecular weight is 283 g/mol. The molecule has 1 aromatic carbocycles. The van der Waals surface area contributed by atoms with Crippen molar-refractivity contribution in [3.05, 3.63) is 30.4 Å². The number of hydrogen-bond acceptors (Lipinski definition) is 3. The zero-order valence-electron chi connectivity index (χ0n) is 10.1. The predicted octanol–water partition coefficient (Wildman–Crippen LogP) is 3.85. The number of benzene rings is 1. The monoisotopic (exact) mass is 282 g/mol. The Morgan fingerprint density at radius 3 is 3.11 bits per heavy atom. The number of nitrogens with one attached hydrogen (secondary N) is 1. The molecule has 0 unspecified atom stereocenters. The van der Waals surface area contributed by atoms with Crippen molar-refractivity contribution in [1.29, 1.82) is 0 Å². The van der Waals surface area contributed by atoms with Crippen molar-refractivity contribution < 1.29 is 4.74 Å². The van der Waals surface area contributed by atoms with Crippen LogP contribution in [0.15, 0.2) is 35.5 Å². The quantitative estimate of drug-likeness (QED) is 0.497. The summed E-state index contributed by atoms with van der Waals surface area (Å²) in [6.07, 6.45) is 3.97. The molecule has 96 valence electrons. The zero-order chi connectivity index (χ0) is 12.8. The molecule has 5 heteroatoms. The van der Waals surface area contributed by atoms with E-state index in [1.54, 1.807) is 11.8 Å². The van der Waals surface area contributed by atoms with Crippen LogP contribution in [0.5, 0.6) is 5.75 Å². The summed E-state index contributed by atoms with van der Waals surface area (Å²) in [5, 5.41) is 0.915. The summed E-state index contributed by atoms with van der Waals surface area (Å²) in [6, 6.07) is 5.88. The molecular weight excluding hydrogens is 268 g/mol. The van der Waals surface area contributed by atoms with E-state index in [1.807, 2.05) is 37.3 Å². The van der Waals surface area contributed by atoms with Crippen LogP contribution < -0.4 is 4.74 Å². The number of H-pyrrole nitrogens is 1. The molecule has 1 heterocycles. The number of thioether (sulfide) groups is 1. The lowest BCUT2D eigenvalue weighted by Gasteiger charge is -2.00. The molecule has 2 rings (SSSR count). The first-order valence-electron chi connectivity index (χ1n) is 5.80. The number of nitrogens with zero attached hydrogens (tertiary/aromatic N) is 1. The van der Waals surface area contributed by atoms with Gasteiger partial charge in [-0.25, -0.2) is 4.98 Å². The third kappa shape index (κ3) is 3.43. The molecule has 0 aliphatic carbocycles. The normalized spacial score (nSPS) is 11.4. The number of ether oxygens (including phenoxy) is 1. The second-order valence-corrected chi connectivity index (χ2v) is 4.91. The highest BCUT2D eigenvalue weighted by Crippen LogP contribution is 2.23. The van der Waals surface area contributed by atoms with E-state index < -0.39 is 0 Å². The summed E-state index contributed by atoms with van der Waals surface area (Å²) in [4.78, 5) is 7.77. The molecule has 18 heavy (non-hydrogen) atoms.